The Morgan fingerprint density at radius 2 is 2.00 bits per heavy atom. The van der Waals surface area contributed by atoms with Crippen molar-refractivity contribution in [1.29, 1.82) is 0 Å². The van der Waals surface area contributed by atoms with E-state index in [2.05, 4.69) is 26.3 Å². The van der Waals surface area contributed by atoms with Gasteiger partial charge >= 0.3 is 0 Å². The van der Waals surface area contributed by atoms with Gasteiger partial charge in [0, 0.05) is 30.9 Å². The Hall–Kier alpha value is -2.54. The van der Waals surface area contributed by atoms with Gasteiger partial charge in [0.05, 0.1) is 12.2 Å². The van der Waals surface area contributed by atoms with E-state index in [1.54, 1.807) is 0 Å². The van der Waals surface area contributed by atoms with Crippen LogP contribution in [0.4, 0.5) is 15.9 Å². The number of aromatic nitrogens is 2. The van der Waals surface area contributed by atoms with Gasteiger partial charge in [-0.3, -0.25) is 9.69 Å². The van der Waals surface area contributed by atoms with E-state index in [0.717, 1.165) is 17.7 Å². The van der Waals surface area contributed by atoms with Gasteiger partial charge in [-0.2, -0.15) is 0 Å². The Kier molecular flexibility index (Phi) is 5.02. The van der Waals surface area contributed by atoms with E-state index < -0.39 is 0 Å². The number of halogens is 1. The number of hydrogen-bond acceptors (Lipinski definition) is 5. The largest absolute Gasteiger partial charge is 0.351 e. The molecule has 4 heterocycles. The number of nitrogens with zero attached hydrogens (tertiary/aromatic N) is 4. The highest BCUT2D eigenvalue weighted by atomic mass is 19.1. The first-order valence-corrected chi connectivity index (χ1v) is 9.83. The summed E-state index contributed by atoms with van der Waals surface area (Å²) in [6.07, 6.45) is 3.03. The number of nitrogens with one attached hydrogen (secondary N) is 1. The van der Waals surface area contributed by atoms with Gasteiger partial charge < -0.3 is 10.2 Å². The van der Waals surface area contributed by atoms with Crippen LogP contribution < -0.4 is 10.2 Å². The first kappa shape index (κ1) is 18.8. The third-order valence-corrected chi connectivity index (χ3v) is 5.80. The number of rotatable bonds is 5. The minimum atomic E-state index is -0.314. The molecule has 3 aliphatic heterocycles. The smallest absolute Gasteiger partial charge is 0.238 e. The molecule has 28 heavy (non-hydrogen) atoms. The quantitative estimate of drug-likeness (QED) is 0.860. The number of anilines is 2. The van der Waals surface area contributed by atoms with Gasteiger partial charge in [-0.1, -0.05) is 24.6 Å². The predicted octanol–water partition coefficient (Wildman–Crippen LogP) is 2.70. The summed E-state index contributed by atoms with van der Waals surface area (Å²) < 4.78 is 14.6. The fraction of sp³-hybridized carbons (Fsp3) is 0.476. The predicted molar refractivity (Wildman–Crippen MR) is 107 cm³/mol. The van der Waals surface area contributed by atoms with Crippen LogP contribution in [-0.4, -0.2) is 52.5 Å². The molecule has 0 spiro atoms. The van der Waals surface area contributed by atoms with Crippen molar-refractivity contribution in [2.24, 2.45) is 0 Å². The van der Waals surface area contributed by atoms with Crippen LogP contribution in [0, 0.1) is 19.7 Å². The standard InChI is InChI=1S/C21H26FN5O/c1-4-17-20(22)21(24-12-23-17)26-9-15-8-16(10-26)27(15)11-19(28)25-18-6-5-13(2)7-14(18)3/h5-7,12,15-16H,4,8-11H2,1-3H3,(H,25,28). The van der Waals surface area contributed by atoms with Crippen molar-refractivity contribution in [3.8, 4) is 0 Å². The number of amides is 1. The first-order chi connectivity index (χ1) is 13.5. The molecule has 1 aromatic carbocycles. The number of piperidine rings is 1. The molecule has 2 atom stereocenters. The zero-order valence-electron chi connectivity index (χ0n) is 16.6. The van der Waals surface area contributed by atoms with Crippen LogP contribution in [0.25, 0.3) is 0 Å². The van der Waals surface area contributed by atoms with E-state index in [9.17, 15) is 9.18 Å². The van der Waals surface area contributed by atoms with E-state index in [0.29, 0.717) is 37.6 Å². The van der Waals surface area contributed by atoms with Gasteiger partial charge in [0.25, 0.3) is 0 Å². The van der Waals surface area contributed by atoms with E-state index in [-0.39, 0.29) is 23.8 Å². The molecular formula is C21H26FN5O. The fourth-order valence-corrected chi connectivity index (χ4v) is 4.29. The summed E-state index contributed by atoms with van der Waals surface area (Å²) >= 11 is 0. The Morgan fingerprint density at radius 1 is 1.25 bits per heavy atom. The summed E-state index contributed by atoms with van der Waals surface area (Å²) in [5.74, 6) is 0.0722. The van der Waals surface area contributed by atoms with Crippen LogP contribution in [0.3, 0.4) is 0 Å². The topological polar surface area (TPSA) is 61.4 Å². The van der Waals surface area contributed by atoms with Crippen molar-refractivity contribution in [3.05, 3.63) is 47.2 Å². The van der Waals surface area contributed by atoms with Crippen LogP contribution >= 0.6 is 0 Å². The molecule has 0 aliphatic carbocycles. The number of hydrogen-bond donors (Lipinski definition) is 1. The third-order valence-electron chi connectivity index (χ3n) is 5.80. The summed E-state index contributed by atoms with van der Waals surface area (Å²) in [7, 11) is 0. The Morgan fingerprint density at radius 3 is 2.68 bits per heavy atom. The molecule has 0 saturated carbocycles. The lowest BCUT2D eigenvalue weighted by Gasteiger charge is -2.56. The number of benzene rings is 1. The second-order valence-corrected chi connectivity index (χ2v) is 7.80. The second kappa shape index (κ2) is 7.47. The summed E-state index contributed by atoms with van der Waals surface area (Å²) in [6, 6.07) is 6.52. The zero-order valence-corrected chi connectivity index (χ0v) is 16.6. The highest BCUT2D eigenvalue weighted by molar-refractivity contribution is 5.93. The van der Waals surface area contributed by atoms with Crippen molar-refractivity contribution in [2.45, 2.75) is 45.7 Å². The van der Waals surface area contributed by atoms with Crippen LogP contribution in [-0.2, 0) is 11.2 Å². The third kappa shape index (κ3) is 3.46. The first-order valence-electron chi connectivity index (χ1n) is 9.83. The summed E-state index contributed by atoms with van der Waals surface area (Å²) in [6.45, 7) is 7.66. The monoisotopic (exact) mass is 383 g/mol. The number of carbonyl (C=O) groups excluding carboxylic acids is 1. The van der Waals surface area contributed by atoms with Crippen molar-refractivity contribution >= 4 is 17.4 Å². The molecule has 3 saturated heterocycles. The number of fused-ring (bicyclic) bond motifs is 2. The highest BCUT2D eigenvalue weighted by Crippen LogP contribution is 2.34. The molecular weight excluding hydrogens is 357 g/mol. The van der Waals surface area contributed by atoms with Crippen molar-refractivity contribution in [2.75, 3.05) is 29.9 Å². The SMILES string of the molecule is CCc1ncnc(N2CC3CC(C2)N3CC(=O)Nc2ccc(C)cc2C)c1F. The molecule has 148 valence electrons. The molecule has 3 fully saturated rings. The average Bonchev–Trinajstić information content (AvgIpc) is 2.68. The van der Waals surface area contributed by atoms with E-state index in [4.69, 9.17) is 0 Å². The van der Waals surface area contributed by atoms with E-state index >= 15 is 0 Å². The molecule has 1 aromatic heterocycles. The maximum absolute atomic E-state index is 14.6. The molecule has 1 N–H and O–H groups in total. The average molecular weight is 383 g/mol. The molecule has 1 amide bonds. The Bertz CT molecular complexity index is 890. The molecule has 2 bridgehead atoms. The van der Waals surface area contributed by atoms with Gasteiger partial charge in [-0.05, 0) is 38.3 Å². The van der Waals surface area contributed by atoms with Crippen LogP contribution in [0.15, 0.2) is 24.5 Å². The van der Waals surface area contributed by atoms with Crippen molar-refractivity contribution < 1.29 is 9.18 Å². The second-order valence-electron chi connectivity index (χ2n) is 7.80. The summed E-state index contributed by atoms with van der Waals surface area (Å²) in [5, 5.41) is 3.02. The van der Waals surface area contributed by atoms with E-state index in [1.165, 1.54) is 11.9 Å². The Labute approximate surface area is 164 Å². The number of aryl methyl sites for hydroxylation is 3. The molecule has 5 rings (SSSR count). The summed E-state index contributed by atoms with van der Waals surface area (Å²) in [4.78, 5) is 24.9. The molecule has 0 radical (unpaired) electrons. The maximum Gasteiger partial charge on any atom is 0.238 e. The van der Waals surface area contributed by atoms with Crippen LogP contribution in [0.1, 0.15) is 30.2 Å². The molecule has 7 heteroatoms. The molecule has 3 aliphatic rings. The lowest BCUT2D eigenvalue weighted by Crippen LogP contribution is -2.70. The maximum atomic E-state index is 14.6. The lowest BCUT2D eigenvalue weighted by molar-refractivity contribution is -0.121. The van der Waals surface area contributed by atoms with Crippen molar-refractivity contribution in [1.82, 2.24) is 14.9 Å². The van der Waals surface area contributed by atoms with E-state index in [1.807, 2.05) is 37.8 Å². The van der Waals surface area contributed by atoms with Crippen LogP contribution in [0.5, 0.6) is 0 Å². The fourth-order valence-electron chi connectivity index (χ4n) is 4.29. The number of piperazine rings is 1. The van der Waals surface area contributed by atoms with Crippen molar-refractivity contribution in [3.63, 3.8) is 0 Å². The molecule has 2 unspecified atom stereocenters. The van der Waals surface area contributed by atoms with Crippen LogP contribution in [0.2, 0.25) is 0 Å². The minimum absolute atomic E-state index is 0.00316. The highest BCUT2D eigenvalue weighted by Gasteiger charge is 2.46. The minimum Gasteiger partial charge on any atom is -0.351 e. The molecule has 6 nitrogen and oxygen atoms in total. The molecule has 2 aromatic rings. The zero-order chi connectivity index (χ0) is 19.8. The van der Waals surface area contributed by atoms with Gasteiger partial charge in [-0.25, -0.2) is 14.4 Å². The van der Waals surface area contributed by atoms with Gasteiger partial charge in [-0.15, -0.1) is 0 Å². The lowest BCUT2D eigenvalue weighted by atomic mass is 9.87. The summed E-state index contributed by atoms with van der Waals surface area (Å²) in [5.41, 5.74) is 3.55. The van der Waals surface area contributed by atoms with Gasteiger partial charge in [0.2, 0.25) is 5.91 Å². The van der Waals surface area contributed by atoms with Gasteiger partial charge in [0.1, 0.15) is 6.33 Å². The van der Waals surface area contributed by atoms with Gasteiger partial charge in [0.15, 0.2) is 11.6 Å². The Balaban J connectivity index is 1.38. The number of carbonyl (C=O) groups is 1. The normalized spacial score (nSPS) is 21.4.